The second-order valence-electron chi connectivity index (χ2n) is 11.0. The number of hydrogen-bond acceptors (Lipinski definition) is 7. The van der Waals surface area contributed by atoms with Crippen molar-refractivity contribution in [2.24, 2.45) is 5.92 Å². The molecule has 2 aromatic carbocycles. The summed E-state index contributed by atoms with van der Waals surface area (Å²) in [6.07, 6.45) is 8.12. The van der Waals surface area contributed by atoms with Crippen LogP contribution in [0.25, 0.3) is 22.0 Å². The summed E-state index contributed by atoms with van der Waals surface area (Å²) in [5, 5.41) is 17.6. The number of anilines is 2. The first-order chi connectivity index (χ1) is 20.5. The molecule has 0 unspecified atom stereocenters. The smallest absolute Gasteiger partial charge is 0.407 e. The number of nitrogens with one attached hydrogen (secondary N) is 2. The number of rotatable bonds is 7. The molecule has 2 amide bonds. The average molecular weight is 567 g/mol. The molecule has 1 aliphatic heterocycles. The number of amides is 2. The molecule has 2 aromatic heterocycles. The molecular formula is C32H34N6O4. The van der Waals surface area contributed by atoms with Crippen molar-refractivity contribution in [3.05, 3.63) is 66.5 Å². The standard InChI is InChI=1S/C32H34N6O4/c1-20-13-14-23-24(10-4-12-26(23)36-29(39)21-7-2-3-8-21)28(20)42-30-25(11-5-16-33-30)27-15-17-34-31(37-27)35-22-9-6-18-38(19-22)32(40)41/h4-5,10-17,21-22H,2-3,6-9,18-19H2,1H3,(H,36,39)(H,40,41)(H,34,35,37)/t22-/m0/s1. The van der Waals surface area contributed by atoms with Gasteiger partial charge in [0.1, 0.15) is 5.75 Å². The van der Waals surface area contributed by atoms with E-state index in [9.17, 15) is 14.7 Å². The van der Waals surface area contributed by atoms with E-state index in [1.54, 1.807) is 18.5 Å². The maximum Gasteiger partial charge on any atom is 0.407 e. The molecule has 1 atom stereocenters. The third kappa shape index (κ3) is 5.83. The minimum atomic E-state index is -0.916. The highest BCUT2D eigenvalue weighted by molar-refractivity contribution is 6.05. The van der Waals surface area contributed by atoms with Gasteiger partial charge in [-0.2, -0.15) is 0 Å². The number of piperidine rings is 1. The van der Waals surface area contributed by atoms with Crippen LogP contribution in [0.3, 0.4) is 0 Å². The van der Waals surface area contributed by atoms with Crippen LogP contribution in [0.5, 0.6) is 11.6 Å². The van der Waals surface area contributed by atoms with Gasteiger partial charge in [0.2, 0.25) is 17.7 Å². The van der Waals surface area contributed by atoms with Gasteiger partial charge >= 0.3 is 6.09 Å². The van der Waals surface area contributed by atoms with Gasteiger partial charge in [0.05, 0.1) is 11.3 Å². The number of fused-ring (bicyclic) bond motifs is 1. The van der Waals surface area contributed by atoms with Gasteiger partial charge in [-0.3, -0.25) is 4.79 Å². The Morgan fingerprint density at radius 3 is 2.64 bits per heavy atom. The number of carboxylic acid groups (broad SMARTS) is 1. The minimum absolute atomic E-state index is 0.0685. The lowest BCUT2D eigenvalue weighted by atomic mass is 10.0. The molecule has 10 heteroatoms. The van der Waals surface area contributed by atoms with Crippen LogP contribution in [0.4, 0.5) is 16.4 Å². The van der Waals surface area contributed by atoms with Gasteiger partial charge in [0.25, 0.3) is 0 Å². The third-order valence-corrected chi connectivity index (χ3v) is 8.12. The molecule has 0 bridgehead atoms. The van der Waals surface area contributed by atoms with Crippen molar-refractivity contribution in [1.82, 2.24) is 19.9 Å². The second kappa shape index (κ2) is 12.0. The molecule has 0 radical (unpaired) electrons. The van der Waals surface area contributed by atoms with E-state index >= 15 is 0 Å². The number of aryl methyl sites for hydroxylation is 1. The van der Waals surface area contributed by atoms with E-state index in [-0.39, 0.29) is 17.9 Å². The van der Waals surface area contributed by atoms with Gasteiger partial charge in [0.15, 0.2) is 0 Å². The average Bonchev–Trinajstić information content (AvgIpc) is 3.55. The van der Waals surface area contributed by atoms with E-state index in [1.807, 2.05) is 49.4 Å². The number of ether oxygens (including phenoxy) is 1. The lowest BCUT2D eigenvalue weighted by molar-refractivity contribution is -0.119. The topological polar surface area (TPSA) is 130 Å². The number of hydrogen-bond donors (Lipinski definition) is 3. The number of benzene rings is 2. The second-order valence-corrected chi connectivity index (χ2v) is 11.0. The first-order valence-corrected chi connectivity index (χ1v) is 14.5. The number of carbonyl (C=O) groups excluding carboxylic acids is 1. The molecular weight excluding hydrogens is 532 g/mol. The fourth-order valence-corrected chi connectivity index (χ4v) is 5.90. The van der Waals surface area contributed by atoms with Crippen LogP contribution in [0.15, 0.2) is 60.9 Å². The molecule has 3 heterocycles. The van der Waals surface area contributed by atoms with Crippen LogP contribution < -0.4 is 15.4 Å². The van der Waals surface area contributed by atoms with Crippen molar-refractivity contribution in [3.63, 3.8) is 0 Å². The fourth-order valence-electron chi connectivity index (χ4n) is 5.90. The molecule has 1 saturated heterocycles. The Kier molecular flexibility index (Phi) is 7.85. The number of carbonyl (C=O) groups is 2. The third-order valence-electron chi connectivity index (χ3n) is 8.12. The zero-order valence-corrected chi connectivity index (χ0v) is 23.5. The van der Waals surface area contributed by atoms with Crippen LogP contribution in [0.1, 0.15) is 44.1 Å². The molecule has 4 aromatic rings. The van der Waals surface area contributed by atoms with Crippen molar-refractivity contribution < 1.29 is 19.4 Å². The van der Waals surface area contributed by atoms with Crippen LogP contribution >= 0.6 is 0 Å². The number of nitrogens with zero attached hydrogens (tertiary/aromatic N) is 4. The van der Waals surface area contributed by atoms with Crippen molar-refractivity contribution in [2.45, 2.75) is 51.5 Å². The summed E-state index contributed by atoms with van der Waals surface area (Å²) in [7, 11) is 0. The molecule has 6 rings (SSSR count). The summed E-state index contributed by atoms with van der Waals surface area (Å²) >= 11 is 0. The Morgan fingerprint density at radius 2 is 1.81 bits per heavy atom. The molecule has 2 fully saturated rings. The van der Waals surface area contributed by atoms with Gasteiger partial charge < -0.3 is 25.4 Å². The predicted molar refractivity (Wildman–Crippen MR) is 161 cm³/mol. The Bertz CT molecular complexity index is 1620. The number of pyridine rings is 1. The molecule has 42 heavy (non-hydrogen) atoms. The Labute approximate surface area is 244 Å². The maximum absolute atomic E-state index is 12.9. The van der Waals surface area contributed by atoms with Crippen molar-refractivity contribution in [1.29, 1.82) is 0 Å². The molecule has 10 nitrogen and oxygen atoms in total. The molecule has 1 saturated carbocycles. The summed E-state index contributed by atoms with van der Waals surface area (Å²) in [5.41, 5.74) is 3.03. The Balaban J connectivity index is 1.27. The zero-order chi connectivity index (χ0) is 29.1. The van der Waals surface area contributed by atoms with Crippen LogP contribution in [-0.2, 0) is 4.79 Å². The van der Waals surface area contributed by atoms with Crippen molar-refractivity contribution >= 4 is 34.4 Å². The van der Waals surface area contributed by atoms with Crippen LogP contribution in [-0.4, -0.2) is 56.1 Å². The molecule has 3 N–H and O–H groups in total. The largest absolute Gasteiger partial charge is 0.465 e. The highest BCUT2D eigenvalue weighted by Crippen LogP contribution is 2.39. The first-order valence-electron chi connectivity index (χ1n) is 14.5. The molecule has 216 valence electrons. The quantitative estimate of drug-likeness (QED) is 0.232. The molecule has 2 aliphatic rings. The van der Waals surface area contributed by atoms with Gasteiger partial charge in [-0.1, -0.05) is 37.1 Å². The fraction of sp³-hybridized carbons (Fsp3) is 0.344. The van der Waals surface area contributed by atoms with E-state index < -0.39 is 6.09 Å². The summed E-state index contributed by atoms with van der Waals surface area (Å²) < 4.78 is 6.52. The first kappa shape index (κ1) is 27.4. The Hall–Kier alpha value is -4.73. The Morgan fingerprint density at radius 1 is 0.952 bits per heavy atom. The van der Waals surface area contributed by atoms with Crippen LogP contribution in [0.2, 0.25) is 0 Å². The summed E-state index contributed by atoms with van der Waals surface area (Å²) in [6, 6.07) is 15.3. The SMILES string of the molecule is Cc1ccc2c(NC(=O)C3CCCC3)cccc2c1Oc1ncccc1-c1ccnc(N[C@H]2CCCN(C(=O)O)C2)n1. The maximum atomic E-state index is 12.9. The van der Waals surface area contributed by atoms with E-state index in [1.165, 1.54) is 4.90 Å². The van der Waals surface area contributed by atoms with Gasteiger partial charge in [-0.15, -0.1) is 0 Å². The number of likely N-dealkylation sites (tertiary alicyclic amines) is 1. The highest BCUT2D eigenvalue weighted by atomic mass is 16.5. The van der Waals surface area contributed by atoms with Gasteiger partial charge in [-0.05, 0) is 62.4 Å². The number of aromatic nitrogens is 3. The van der Waals surface area contributed by atoms with Crippen LogP contribution in [0, 0.1) is 12.8 Å². The van der Waals surface area contributed by atoms with Gasteiger partial charge in [0, 0.05) is 53.9 Å². The summed E-state index contributed by atoms with van der Waals surface area (Å²) in [6.45, 7) is 2.90. The van der Waals surface area contributed by atoms with E-state index in [2.05, 4.69) is 20.6 Å². The van der Waals surface area contributed by atoms with Gasteiger partial charge in [-0.25, -0.2) is 19.7 Å². The van der Waals surface area contributed by atoms with Crippen molar-refractivity contribution in [3.8, 4) is 22.9 Å². The molecule has 1 aliphatic carbocycles. The zero-order valence-electron chi connectivity index (χ0n) is 23.5. The predicted octanol–water partition coefficient (Wildman–Crippen LogP) is 6.48. The summed E-state index contributed by atoms with van der Waals surface area (Å²) in [4.78, 5) is 39.4. The molecule has 0 spiro atoms. The minimum Gasteiger partial charge on any atom is -0.465 e. The summed E-state index contributed by atoms with van der Waals surface area (Å²) in [5.74, 6) is 1.62. The normalized spacial score (nSPS) is 17.3. The van der Waals surface area contributed by atoms with E-state index in [0.29, 0.717) is 41.9 Å². The van der Waals surface area contributed by atoms with E-state index in [0.717, 1.165) is 60.5 Å². The monoisotopic (exact) mass is 566 g/mol. The highest BCUT2D eigenvalue weighted by Gasteiger charge is 2.25. The lowest BCUT2D eigenvalue weighted by Crippen LogP contribution is -2.44. The lowest BCUT2D eigenvalue weighted by Gasteiger charge is -2.31. The van der Waals surface area contributed by atoms with Crippen molar-refractivity contribution in [2.75, 3.05) is 23.7 Å². The van der Waals surface area contributed by atoms with E-state index in [4.69, 9.17) is 9.72 Å².